The summed E-state index contributed by atoms with van der Waals surface area (Å²) >= 11 is 0. The molecule has 2 aromatic carbocycles. The van der Waals surface area contributed by atoms with E-state index in [1.165, 1.54) is 12.1 Å². The van der Waals surface area contributed by atoms with Crippen LogP contribution in [0.1, 0.15) is 21.9 Å². The first kappa shape index (κ1) is 18.0. The summed E-state index contributed by atoms with van der Waals surface area (Å²) in [5, 5.41) is 0. The quantitative estimate of drug-likeness (QED) is 0.521. The first-order valence-electron chi connectivity index (χ1n) is 8.31. The van der Waals surface area contributed by atoms with Gasteiger partial charge in [0, 0.05) is 6.08 Å². The third-order valence-corrected chi connectivity index (χ3v) is 3.54. The van der Waals surface area contributed by atoms with Crippen LogP contribution in [0, 0.1) is 0 Å². The standard InChI is InChI=1S/C21H18N2O4/c24-20(14-11-16-7-3-1-4-8-16)22-23-21(25)19-13-12-18(27-19)15-26-17-9-5-2-6-10-17/h1-14H,15H2,(H,22,24)(H,23,25)/b14-11+. The van der Waals surface area contributed by atoms with Gasteiger partial charge in [0.15, 0.2) is 5.76 Å². The largest absolute Gasteiger partial charge is 0.486 e. The van der Waals surface area contributed by atoms with Crippen molar-refractivity contribution < 1.29 is 18.7 Å². The van der Waals surface area contributed by atoms with Crippen LogP contribution in [0.15, 0.2) is 83.3 Å². The van der Waals surface area contributed by atoms with Crippen molar-refractivity contribution in [3.05, 3.63) is 96.0 Å². The Morgan fingerprint density at radius 2 is 1.59 bits per heavy atom. The second kappa shape index (κ2) is 9.05. The van der Waals surface area contributed by atoms with Gasteiger partial charge in [0.1, 0.15) is 18.1 Å². The first-order chi connectivity index (χ1) is 13.2. The van der Waals surface area contributed by atoms with E-state index in [0.29, 0.717) is 11.5 Å². The first-order valence-corrected chi connectivity index (χ1v) is 8.31. The van der Waals surface area contributed by atoms with Crippen molar-refractivity contribution in [2.45, 2.75) is 6.61 Å². The SMILES string of the molecule is O=C(/C=C/c1ccccc1)NNC(=O)c1ccc(COc2ccccc2)o1. The lowest BCUT2D eigenvalue weighted by molar-refractivity contribution is -0.117. The van der Waals surface area contributed by atoms with E-state index in [4.69, 9.17) is 9.15 Å². The molecule has 0 radical (unpaired) electrons. The van der Waals surface area contributed by atoms with E-state index in [1.54, 1.807) is 12.1 Å². The van der Waals surface area contributed by atoms with Crippen LogP contribution in [0.5, 0.6) is 5.75 Å². The summed E-state index contributed by atoms with van der Waals surface area (Å²) in [6.45, 7) is 0.198. The van der Waals surface area contributed by atoms with Crippen molar-refractivity contribution in [2.75, 3.05) is 0 Å². The minimum absolute atomic E-state index is 0.0778. The van der Waals surface area contributed by atoms with E-state index in [2.05, 4.69) is 10.9 Å². The van der Waals surface area contributed by atoms with Crippen molar-refractivity contribution in [1.29, 1.82) is 0 Å². The van der Waals surface area contributed by atoms with Gasteiger partial charge in [-0.25, -0.2) is 0 Å². The van der Waals surface area contributed by atoms with Crippen molar-refractivity contribution >= 4 is 17.9 Å². The molecule has 3 rings (SSSR count). The maximum absolute atomic E-state index is 12.0. The highest BCUT2D eigenvalue weighted by Gasteiger charge is 2.12. The third-order valence-electron chi connectivity index (χ3n) is 3.54. The highest BCUT2D eigenvalue weighted by Crippen LogP contribution is 2.13. The molecule has 2 N–H and O–H groups in total. The monoisotopic (exact) mass is 362 g/mol. The van der Waals surface area contributed by atoms with Crippen LogP contribution in [0.4, 0.5) is 0 Å². The normalized spacial score (nSPS) is 10.5. The minimum atomic E-state index is -0.553. The average Bonchev–Trinajstić information content (AvgIpc) is 3.20. The van der Waals surface area contributed by atoms with Gasteiger partial charge in [-0.2, -0.15) is 0 Å². The number of amides is 2. The highest BCUT2D eigenvalue weighted by molar-refractivity contribution is 5.96. The molecule has 0 saturated heterocycles. The van der Waals surface area contributed by atoms with Crippen LogP contribution in [0.2, 0.25) is 0 Å². The van der Waals surface area contributed by atoms with E-state index < -0.39 is 11.8 Å². The summed E-state index contributed by atoms with van der Waals surface area (Å²) in [6, 6.07) is 21.8. The Balaban J connectivity index is 1.46. The van der Waals surface area contributed by atoms with Crippen LogP contribution in [0.3, 0.4) is 0 Å². The van der Waals surface area contributed by atoms with Gasteiger partial charge >= 0.3 is 5.91 Å². The second-order valence-electron chi connectivity index (χ2n) is 5.56. The molecule has 0 aliphatic rings. The lowest BCUT2D eigenvalue weighted by atomic mass is 10.2. The molecule has 0 saturated carbocycles. The summed E-state index contributed by atoms with van der Waals surface area (Å²) < 4.78 is 11.0. The predicted octanol–water partition coefficient (Wildman–Crippen LogP) is 3.33. The fraction of sp³-hybridized carbons (Fsp3) is 0.0476. The molecule has 0 aliphatic heterocycles. The molecule has 0 unspecified atom stereocenters. The molecule has 0 aliphatic carbocycles. The molecule has 6 nitrogen and oxygen atoms in total. The Labute approximate surface area is 156 Å². The molecule has 0 fully saturated rings. The van der Waals surface area contributed by atoms with Gasteiger partial charge in [0.25, 0.3) is 5.91 Å². The maximum atomic E-state index is 12.0. The van der Waals surface area contributed by atoms with Crippen LogP contribution in [0.25, 0.3) is 6.08 Å². The Morgan fingerprint density at radius 3 is 2.33 bits per heavy atom. The van der Waals surface area contributed by atoms with E-state index in [1.807, 2.05) is 60.7 Å². The Hall–Kier alpha value is -3.80. The second-order valence-corrected chi connectivity index (χ2v) is 5.56. The van der Waals surface area contributed by atoms with Crippen molar-refractivity contribution in [1.82, 2.24) is 10.9 Å². The Morgan fingerprint density at radius 1 is 0.889 bits per heavy atom. The molecule has 3 aromatic rings. The molecule has 0 atom stereocenters. The summed E-state index contributed by atoms with van der Waals surface area (Å²) in [5.41, 5.74) is 5.48. The smallest absolute Gasteiger partial charge is 0.305 e. The van der Waals surface area contributed by atoms with E-state index >= 15 is 0 Å². The molecule has 6 heteroatoms. The van der Waals surface area contributed by atoms with Gasteiger partial charge in [-0.1, -0.05) is 48.5 Å². The lowest BCUT2D eigenvalue weighted by Gasteiger charge is -2.04. The van der Waals surface area contributed by atoms with Crippen LogP contribution >= 0.6 is 0 Å². The van der Waals surface area contributed by atoms with Crippen LogP contribution in [-0.2, 0) is 11.4 Å². The molecule has 0 spiro atoms. The summed E-state index contributed by atoms with van der Waals surface area (Å²) in [5.74, 6) is 0.277. The van der Waals surface area contributed by atoms with Crippen LogP contribution in [-0.4, -0.2) is 11.8 Å². The van der Waals surface area contributed by atoms with Gasteiger partial charge in [-0.05, 0) is 35.9 Å². The molecule has 27 heavy (non-hydrogen) atoms. The van der Waals surface area contributed by atoms with Crippen molar-refractivity contribution in [2.24, 2.45) is 0 Å². The Kier molecular flexibility index (Phi) is 6.04. The third kappa shape index (κ3) is 5.61. The number of nitrogens with one attached hydrogen (secondary N) is 2. The van der Waals surface area contributed by atoms with E-state index in [0.717, 1.165) is 5.56 Å². The van der Waals surface area contributed by atoms with Gasteiger partial charge in [0.2, 0.25) is 0 Å². The number of carbonyl (C=O) groups is 2. The molecule has 1 aromatic heterocycles. The molecular weight excluding hydrogens is 344 g/mol. The van der Waals surface area contributed by atoms with Gasteiger partial charge in [-0.3, -0.25) is 20.4 Å². The number of hydrazine groups is 1. The van der Waals surface area contributed by atoms with E-state index in [9.17, 15) is 9.59 Å². The number of carbonyl (C=O) groups excluding carboxylic acids is 2. The van der Waals surface area contributed by atoms with Crippen molar-refractivity contribution in [3.8, 4) is 5.75 Å². The summed E-state index contributed by atoms with van der Waals surface area (Å²) in [6.07, 6.45) is 2.98. The van der Waals surface area contributed by atoms with Gasteiger partial charge in [-0.15, -0.1) is 0 Å². The number of hydrogen-bond donors (Lipinski definition) is 2. The zero-order chi connectivity index (χ0) is 18.9. The Bertz CT molecular complexity index is 918. The minimum Gasteiger partial charge on any atom is -0.486 e. The molecule has 1 heterocycles. The van der Waals surface area contributed by atoms with Gasteiger partial charge in [0.05, 0.1) is 0 Å². The average molecular weight is 362 g/mol. The number of furan rings is 1. The van der Waals surface area contributed by atoms with E-state index in [-0.39, 0.29) is 12.4 Å². The number of benzene rings is 2. The fourth-order valence-corrected chi connectivity index (χ4v) is 2.21. The number of ether oxygens (including phenoxy) is 1. The van der Waals surface area contributed by atoms with Crippen molar-refractivity contribution in [3.63, 3.8) is 0 Å². The fourth-order valence-electron chi connectivity index (χ4n) is 2.21. The molecular formula is C21H18N2O4. The summed E-state index contributed by atoms with van der Waals surface area (Å²) in [7, 11) is 0. The predicted molar refractivity (Wildman–Crippen MR) is 101 cm³/mol. The lowest BCUT2D eigenvalue weighted by Crippen LogP contribution is -2.40. The zero-order valence-electron chi connectivity index (χ0n) is 14.4. The number of rotatable bonds is 6. The topological polar surface area (TPSA) is 80.6 Å². The molecule has 0 bridgehead atoms. The molecule has 2 amide bonds. The summed E-state index contributed by atoms with van der Waals surface area (Å²) in [4.78, 5) is 23.8. The van der Waals surface area contributed by atoms with Crippen LogP contribution < -0.4 is 15.6 Å². The van der Waals surface area contributed by atoms with Gasteiger partial charge < -0.3 is 9.15 Å². The maximum Gasteiger partial charge on any atom is 0.305 e. The molecule has 136 valence electrons. The highest BCUT2D eigenvalue weighted by atomic mass is 16.5. The number of hydrogen-bond acceptors (Lipinski definition) is 4. The number of para-hydroxylation sites is 1. The zero-order valence-corrected chi connectivity index (χ0v) is 14.4.